The van der Waals surface area contributed by atoms with Crippen molar-refractivity contribution in [3.63, 3.8) is 0 Å². The van der Waals surface area contributed by atoms with E-state index in [4.69, 9.17) is 0 Å². The van der Waals surface area contributed by atoms with Gasteiger partial charge in [-0.3, -0.25) is 4.79 Å². The van der Waals surface area contributed by atoms with Crippen LogP contribution in [0, 0.1) is 12.8 Å². The standard InChI is InChI=1S/C17H19N5O3/c1-11-2-3-15(22-18-4-5-19-22)14(6-11)16(23)20-8-12-7-13(10-20)21(9-12)17(24)25/h2-6,12-13H,7-10H2,1H3,(H,24,25). The number of carbonyl (C=O) groups excluding carboxylic acids is 1. The van der Waals surface area contributed by atoms with Gasteiger partial charge in [-0.05, 0) is 31.4 Å². The predicted molar refractivity (Wildman–Crippen MR) is 88.6 cm³/mol. The van der Waals surface area contributed by atoms with Crippen molar-refractivity contribution >= 4 is 12.0 Å². The molecule has 0 spiro atoms. The molecule has 3 heterocycles. The summed E-state index contributed by atoms with van der Waals surface area (Å²) in [6.45, 7) is 3.45. The van der Waals surface area contributed by atoms with Gasteiger partial charge in [0.1, 0.15) is 0 Å². The van der Waals surface area contributed by atoms with Gasteiger partial charge in [0.25, 0.3) is 5.91 Å². The molecule has 2 unspecified atom stereocenters. The van der Waals surface area contributed by atoms with Crippen LogP contribution in [0.2, 0.25) is 0 Å². The highest BCUT2D eigenvalue weighted by Gasteiger charge is 2.42. The topological polar surface area (TPSA) is 91.6 Å². The number of carbonyl (C=O) groups is 2. The number of aromatic nitrogens is 3. The van der Waals surface area contributed by atoms with Crippen LogP contribution in [0.25, 0.3) is 5.69 Å². The van der Waals surface area contributed by atoms with Gasteiger partial charge in [0.05, 0.1) is 29.7 Å². The lowest BCUT2D eigenvalue weighted by Crippen LogP contribution is -2.46. The summed E-state index contributed by atoms with van der Waals surface area (Å²) in [5.41, 5.74) is 2.15. The molecule has 25 heavy (non-hydrogen) atoms. The lowest BCUT2D eigenvalue weighted by molar-refractivity contribution is 0.0664. The molecule has 0 aliphatic carbocycles. The molecule has 2 amide bonds. The fourth-order valence-corrected chi connectivity index (χ4v) is 3.87. The van der Waals surface area contributed by atoms with Crippen molar-refractivity contribution in [1.82, 2.24) is 24.8 Å². The van der Waals surface area contributed by atoms with Crippen molar-refractivity contribution in [2.75, 3.05) is 19.6 Å². The number of amides is 2. The minimum absolute atomic E-state index is 0.0991. The Hall–Kier alpha value is -2.90. The summed E-state index contributed by atoms with van der Waals surface area (Å²) in [5.74, 6) is 0.104. The van der Waals surface area contributed by atoms with Crippen LogP contribution in [0.15, 0.2) is 30.6 Å². The van der Waals surface area contributed by atoms with E-state index in [1.54, 1.807) is 17.3 Å². The van der Waals surface area contributed by atoms with Crippen molar-refractivity contribution in [3.8, 4) is 5.69 Å². The molecule has 1 aromatic carbocycles. The smallest absolute Gasteiger partial charge is 0.407 e. The van der Waals surface area contributed by atoms with Gasteiger partial charge in [0.15, 0.2) is 0 Å². The first-order chi connectivity index (χ1) is 12.0. The number of fused-ring (bicyclic) bond motifs is 2. The maximum absolute atomic E-state index is 13.2. The third-order valence-corrected chi connectivity index (χ3v) is 4.96. The number of aryl methyl sites for hydroxylation is 1. The average Bonchev–Trinajstić information content (AvgIpc) is 3.22. The average molecular weight is 341 g/mol. The Balaban J connectivity index is 1.64. The van der Waals surface area contributed by atoms with Gasteiger partial charge in [0, 0.05) is 19.6 Å². The molecule has 4 rings (SSSR count). The monoisotopic (exact) mass is 341 g/mol. The number of nitrogens with zero attached hydrogens (tertiary/aromatic N) is 5. The van der Waals surface area contributed by atoms with Gasteiger partial charge in [0.2, 0.25) is 0 Å². The van der Waals surface area contributed by atoms with E-state index >= 15 is 0 Å². The molecule has 2 fully saturated rings. The molecular weight excluding hydrogens is 322 g/mol. The molecule has 2 atom stereocenters. The second kappa shape index (κ2) is 5.87. The van der Waals surface area contributed by atoms with Crippen molar-refractivity contribution in [2.24, 2.45) is 5.92 Å². The van der Waals surface area contributed by atoms with Crippen LogP contribution in [0.3, 0.4) is 0 Å². The van der Waals surface area contributed by atoms with Gasteiger partial charge in [-0.2, -0.15) is 15.0 Å². The summed E-state index contributed by atoms with van der Waals surface area (Å²) in [6, 6.07) is 5.48. The van der Waals surface area contributed by atoms with E-state index in [1.165, 1.54) is 9.70 Å². The highest BCUT2D eigenvalue weighted by atomic mass is 16.4. The van der Waals surface area contributed by atoms with Crippen molar-refractivity contribution in [2.45, 2.75) is 19.4 Å². The Labute approximate surface area is 144 Å². The molecule has 0 saturated carbocycles. The lowest BCUT2D eigenvalue weighted by Gasteiger charge is -2.32. The van der Waals surface area contributed by atoms with E-state index in [0.29, 0.717) is 30.9 Å². The highest BCUT2D eigenvalue weighted by molar-refractivity contribution is 5.98. The minimum Gasteiger partial charge on any atom is -0.465 e. The van der Waals surface area contributed by atoms with Crippen LogP contribution < -0.4 is 0 Å². The zero-order valence-electron chi connectivity index (χ0n) is 13.9. The normalized spacial score (nSPS) is 22.3. The van der Waals surface area contributed by atoms with Crippen LogP contribution in [0.5, 0.6) is 0 Å². The van der Waals surface area contributed by atoms with E-state index in [1.807, 2.05) is 25.1 Å². The molecule has 8 nitrogen and oxygen atoms in total. The zero-order valence-corrected chi connectivity index (χ0v) is 13.9. The Morgan fingerprint density at radius 3 is 2.64 bits per heavy atom. The van der Waals surface area contributed by atoms with Crippen molar-refractivity contribution < 1.29 is 14.7 Å². The molecule has 0 radical (unpaired) electrons. The number of carboxylic acid groups (broad SMARTS) is 1. The highest BCUT2D eigenvalue weighted by Crippen LogP contribution is 2.31. The van der Waals surface area contributed by atoms with Gasteiger partial charge < -0.3 is 14.9 Å². The predicted octanol–water partition coefficient (Wildman–Crippen LogP) is 1.40. The second-order valence-corrected chi connectivity index (χ2v) is 6.74. The van der Waals surface area contributed by atoms with Crippen LogP contribution >= 0.6 is 0 Å². The van der Waals surface area contributed by atoms with Gasteiger partial charge in [-0.15, -0.1) is 0 Å². The van der Waals surface area contributed by atoms with Gasteiger partial charge in [-0.1, -0.05) is 11.6 Å². The fourth-order valence-electron chi connectivity index (χ4n) is 3.87. The Morgan fingerprint density at radius 1 is 1.16 bits per heavy atom. The summed E-state index contributed by atoms with van der Waals surface area (Å²) >= 11 is 0. The summed E-state index contributed by atoms with van der Waals surface area (Å²) in [5, 5.41) is 17.6. The van der Waals surface area contributed by atoms with Crippen LogP contribution in [-0.4, -0.2) is 67.6 Å². The summed E-state index contributed by atoms with van der Waals surface area (Å²) in [4.78, 5) is 29.2. The summed E-state index contributed by atoms with van der Waals surface area (Å²) < 4.78 is 0. The van der Waals surface area contributed by atoms with E-state index in [0.717, 1.165) is 12.0 Å². The minimum atomic E-state index is -0.904. The molecule has 130 valence electrons. The van der Waals surface area contributed by atoms with E-state index in [2.05, 4.69) is 10.2 Å². The number of hydrogen-bond donors (Lipinski definition) is 1. The van der Waals surface area contributed by atoms with Crippen molar-refractivity contribution in [3.05, 3.63) is 41.7 Å². The van der Waals surface area contributed by atoms with Gasteiger partial charge >= 0.3 is 6.09 Å². The Kier molecular flexibility index (Phi) is 3.67. The molecule has 2 bridgehead atoms. The molecular formula is C17H19N5O3. The second-order valence-electron chi connectivity index (χ2n) is 6.74. The number of hydrogen-bond acceptors (Lipinski definition) is 4. The first kappa shape index (κ1) is 15.6. The van der Waals surface area contributed by atoms with E-state index < -0.39 is 6.09 Å². The first-order valence-corrected chi connectivity index (χ1v) is 8.29. The SMILES string of the molecule is Cc1ccc(-n2nccn2)c(C(=O)N2CC3CC(C2)N(C(=O)O)C3)c1. The van der Waals surface area contributed by atoms with Crippen LogP contribution in [0.1, 0.15) is 22.3 Å². The summed E-state index contributed by atoms with van der Waals surface area (Å²) in [7, 11) is 0. The van der Waals surface area contributed by atoms with Crippen LogP contribution in [-0.2, 0) is 0 Å². The van der Waals surface area contributed by atoms with E-state index in [-0.39, 0.29) is 17.9 Å². The molecule has 1 N–H and O–H groups in total. The van der Waals surface area contributed by atoms with E-state index in [9.17, 15) is 14.7 Å². The molecule has 2 aromatic rings. The Bertz CT molecular complexity index is 820. The van der Waals surface area contributed by atoms with Crippen molar-refractivity contribution in [1.29, 1.82) is 0 Å². The quantitative estimate of drug-likeness (QED) is 0.891. The fraction of sp³-hybridized carbons (Fsp3) is 0.412. The van der Waals surface area contributed by atoms with Crippen LogP contribution in [0.4, 0.5) is 4.79 Å². The largest absolute Gasteiger partial charge is 0.465 e. The molecule has 2 aliphatic rings. The number of benzene rings is 1. The lowest BCUT2D eigenvalue weighted by atomic mass is 9.98. The molecule has 2 aliphatic heterocycles. The third kappa shape index (κ3) is 2.73. The number of rotatable bonds is 2. The van der Waals surface area contributed by atoms with Gasteiger partial charge in [-0.25, -0.2) is 4.79 Å². The maximum atomic E-state index is 13.2. The number of likely N-dealkylation sites (tertiary alicyclic amines) is 2. The zero-order chi connectivity index (χ0) is 17.6. The third-order valence-electron chi connectivity index (χ3n) is 4.96. The molecule has 8 heteroatoms. The maximum Gasteiger partial charge on any atom is 0.407 e. The molecule has 1 aromatic heterocycles. The Morgan fingerprint density at radius 2 is 1.92 bits per heavy atom. The number of piperidine rings is 1. The summed E-state index contributed by atoms with van der Waals surface area (Å²) in [6.07, 6.45) is 3.07. The first-order valence-electron chi connectivity index (χ1n) is 8.29. The molecule has 2 saturated heterocycles.